The summed E-state index contributed by atoms with van der Waals surface area (Å²) in [6.07, 6.45) is 3.75. The van der Waals surface area contributed by atoms with Crippen LogP contribution in [0.4, 0.5) is 0 Å². The van der Waals surface area contributed by atoms with Crippen molar-refractivity contribution in [3.63, 3.8) is 0 Å². The minimum Gasteiger partial charge on any atom is -0.493 e. The third kappa shape index (κ3) is 4.78. The maximum Gasteiger partial charge on any atom is 0.203 e. The van der Waals surface area contributed by atoms with E-state index in [-0.39, 0.29) is 0 Å². The van der Waals surface area contributed by atoms with Gasteiger partial charge in [0, 0.05) is 6.54 Å². The monoisotopic (exact) mass is 279 g/mol. The van der Waals surface area contributed by atoms with Crippen LogP contribution in [-0.4, -0.2) is 27.4 Å². The summed E-state index contributed by atoms with van der Waals surface area (Å²) >= 11 is 0. The van der Waals surface area contributed by atoms with Crippen molar-refractivity contribution in [1.29, 1.82) is 0 Å². The second-order valence-electron chi connectivity index (χ2n) is 4.39. The van der Waals surface area contributed by atoms with Crippen molar-refractivity contribution in [2.75, 3.05) is 27.4 Å². The van der Waals surface area contributed by atoms with E-state index in [0.29, 0.717) is 23.9 Å². The van der Waals surface area contributed by atoms with E-state index < -0.39 is 0 Å². The second-order valence-corrected chi connectivity index (χ2v) is 4.39. The van der Waals surface area contributed by atoms with E-state index in [1.165, 1.54) is 0 Å². The number of hydrogen-bond donors (Lipinski definition) is 1. The van der Waals surface area contributed by atoms with Crippen molar-refractivity contribution in [2.24, 2.45) is 0 Å². The molecule has 0 fully saturated rings. The number of unbranched alkanes of at least 4 members (excludes halogenated alkanes) is 1. The smallest absolute Gasteiger partial charge is 0.203 e. The largest absolute Gasteiger partial charge is 0.493 e. The molecule has 0 aliphatic carbocycles. The van der Waals surface area contributed by atoms with Crippen molar-refractivity contribution < 1.29 is 14.2 Å². The lowest BCUT2D eigenvalue weighted by Gasteiger charge is -2.16. The van der Waals surface area contributed by atoms with Crippen LogP contribution in [0.5, 0.6) is 17.2 Å². The summed E-state index contributed by atoms with van der Waals surface area (Å²) in [5, 5.41) is 3.28. The zero-order chi connectivity index (χ0) is 14.8. The van der Waals surface area contributed by atoms with Gasteiger partial charge in [-0.2, -0.15) is 0 Å². The van der Waals surface area contributed by atoms with Crippen molar-refractivity contribution in [2.45, 2.75) is 26.3 Å². The lowest BCUT2D eigenvalue weighted by atomic mass is 10.1. The second kappa shape index (κ2) is 9.26. The first-order valence-electron chi connectivity index (χ1n) is 6.96. The fourth-order valence-electron chi connectivity index (χ4n) is 1.85. The van der Waals surface area contributed by atoms with Crippen molar-refractivity contribution in [1.82, 2.24) is 5.32 Å². The van der Waals surface area contributed by atoms with Gasteiger partial charge in [-0.1, -0.05) is 13.0 Å². The summed E-state index contributed by atoms with van der Waals surface area (Å²) in [5.41, 5.74) is 1.11. The van der Waals surface area contributed by atoms with Gasteiger partial charge in [0.2, 0.25) is 5.75 Å². The van der Waals surface area contributed by atoms with Crippen LogP contribution in [0, 0.1) is 0 Å². The number of methoxy groups -OCH3 is 2. The van der Waals surface area contributed by atoms with E-state index in [2.05, 4.69) is 18.8 Å². The number of benzene rings is 1. The molecular weight excluding hydrogens is 254 g/mol. The molecule has 20 heavy (non-hydrogen) atoms. The highest BCUT2D eigenvalue weighted by Crippen LogP contribution is 2.38. The Bertz CT molecular complexity index is 393. The molecule has 0 radical (unpaired) electrons. The predicted molar refractivity (Wildman–Crippen MR) is 81.9 cm³/mol. The fourth-order valence-corrected chi connectivity index (χ4v) is 1.85. The highest BCUT2D eigenvalue weighted by atomic mass is 16.5. The highest BCUT2D eigenvalue weighted by Gasteiger charge is 2.13. The zero-order valence-electron chi connectivity index (χ0n) is 12.7. The number of allylic oxidation sites excluding steroid dienone is 1. The predicted octanol–water partition coefficient (Wildman–Crippen LogP) is 3.16. The maximum atomic E-state index is 5.79. The van der Waals surface area contributed by atoms with Gasteiger partial charge in [-0.15, -0.1) is 6.58 Å². The topological polar surface area (TPSA) is 39.7 Å². The van der Waals surface area contributed by atoms with E-state index in [4.69, 9.17) is 14.2 Å². The standard InChI is InChI=1S/C16H25NO3/c1-5-7-8-9-20-16-14(18-3)10-13(12-17-6-2)11-15(16)19-4/h5,10-11,17H,1,6-9,12H2,2-4H3. The fraction of sp³-hybridized carbons (Fsp3) is 0.500. The average Bonchev–Trinajstić information content (AvgIpc) is 2.49. The molecular formula is C16H25NO3. The Labute approximate surface area is 121 Å². The van der Waals surface area contributed by atoms with Crippen LogP contribution in [0.1, 0.15) is 25.3 Å². The number of ether oxygens (including phenoxy) is 3. The molecule has 0 amide bonds. The number of nitrogens with one attached hydrogen (secondary N) is 1. The SMILES string of the molecule is C=CCCCOc1c(OC)cc(CNCC)cc1OC. The Morgan fingerprint density at radius 2 is 1.85 bits per heavy atom. The minimum absolute atomic E-state index is 0.616. The van der Waals surface area contributed by atoms with Gasteiger partial charge in [-0.3, -0.25) is 0 Å². The molecule has 4 heteroatoms. The van der Waals surface area contributed by atoms with Crippen molar-refractivity contribution in [3.8, 4) is 17.2 Å². The van der Waals surface area contributed by atoms with Gasteiger partial charge in [0.1, 0.15) is 0 Å². The van der Waals surface area contributed by atoms with E-state index in [1.807, 2.05) is 18.2 Å². The summed E-state index contributed by atoms with van der Waals surface area (Å²) in [6.45, 7) is 8.09. The highest BCUT2D eigenvalue weighted by molar-refractivity contribution is 5.53. The van der Waals surface area contributed by atoms with Crippen molar-refractivity contribution >= 4 is 0 Å². The molecule has 1 N–H and O–H groups in total. The molecule has 0 aliphatic heterocycles. The third-order valence-corrected chi connectivity index (χ3v) is 2.90. The lowest BCUT2D eigenvalue weighted by Crippen LogP contribution is -2.12. The molecule has 0 spiro atoms. The molecule has 0 saturated heterocycles. The van der Waals surface area contributed by atoms with Gasteiger partial charge in [0.25, 0.3) is 0 Å². The van der Waals surface area contributed by atoms with Crippen LogP contribution in [0.2, 0.25) is 0 Å². The molecule has 0 bridgehead atoms. The first kappa shape index (κ1) is 16.4. The molecule has 0 aromatic heterocycles. The van der Waals surface area contributed by atoms with E-state index in [9.17, 15) is 0 Å². The van der Waals surface area contributed by atoms with Crippen LogP contribution in [0.3, 0.4) is 0 Å². The molecule has 1 aromatic carbocycles. The van der Waals surface area contributed by atoms with Crippen LogP contribution >= 0.6 is 0 Å². The van der Waals surface area contributed by atoms with Crippen LogP contribution in [-0.2, 0) is 6.54 Å². The Morgan fingerprint density at radius 1 is 1.20 bits per heavy atom. The van der Waals surface area contributed by atoms with Gasteiger partial charge in [0.15, 0.2) is 11.5 Å². The lowest BCUT2D eigenvalue weighted by molar-refractivity contribution is 0.271. The summed E-state index contributed by atoms with van der Waals surface area (Å²) in [4.78, 5) is 0. The normalized spacial score (nSPS) is 10.2. The maximum absolute atomic E-state index is 5.79. The average molecular weight is 279 g/mol. The summed E-state index contributed by atoms with van der Waals surface area (Å²) in [6, 6.07) is 3.96. The zero-order valence-corrected chi connectivity index (χ0v) is 12.7. The molecule has 0 heterocycles. The molecule has 1 aromatic rings. The van der Waals surface area contributed by atoms with Gasteiger partial charge in [0.05, 0.1) is 20.8 Å². The molecule has 112 valence electrons. The first-order chi connectivity index (χ1) is 9.76. The van der Waals surface area contributed by atoms with E-state index >= 15 is 0 Å². The molecule has 1 rings (SSSR count). The van der Waals surface area contributed by atoms with Crippen LogP contribution < -0.4 is 19.5 Å². The Balaban J connectivity index is 2.87. The van der Waals surface area contributed by atoms with Crippen LogP contribution in [0.25, 0.3) is 0 Å². The molecule has 4 nitrogen and oxygen atoms in total. The van der Waals surface area contributed by atoms with E-state index in [1.54, 1.807) is 14.2 Å². The molecule has 0 aliphatic rings. The summed E-state index contributed by atoms with van der Waals surface area (Å²) < 4.78 is 16.6. The van der Waals surface area contributed by atoms with Gasteiger partial charge >= 0.3 is 0 Å². The molecule has 0 unspecified atom stereocenters. The van der Waals surface area contributed by atoms with E-state index in [0.717, 1.165) is 31.5 Å². The van der Waals surface area contributed by atoms with Crippen LogP contribution in [0.15, 0.2) is 24.8 Å². The summed E-state index contributed by atoms with van der Waals surface area (Å²) in [5.74, 6) is 2.08. The summed E-state index contributed by atoms with van der Waals surface area (Å²) in [7, 11) is 3.28. The third-order valence-electron chi connectivity index (χ3n) is 2.90. The van der Waals surface area contributed by atoms with Gasteiger partial charge < -0.3 is 19.5 Å². The van der Waals surface area contributed by atoms with Crippen molar-refractivity contribution in [3.05, 3.63) is 30.4 Å². The van der Waals surface area contributed by atoms with Gasteiger partial charge in [-0.25, -0.2) is 0 Å². The van der Waals surface area contributed by atoms with Gasteiger partial charge in [-0.05, 0) is 37.1 Å². The quantitative estimate of drug-likeness (QED) is 0.527. The molecule has 0 atom stereocenters. The Morgan fingerprint density at radius 3 is 2.35 bits per heavy atom. The number of rotatable bonds is 10. The number of hydrogen-bond acceptors (Lipinski definition) is 4. The minimum atomic E-state index is 0.616. The Hall–Kier alpha value is -1.68. The Kier molecular flexibility index (Phi) is 7.58. The molecule has 0 saturated carbocycles. The first-order valence-corrected chi connectivity index (χ1v) is 6.96.